The number of hydrogen-bond acceptors (Lipinski definition) is 2. The van der Waals surface area contributed by atoms with Crippen LogP contribution in [0.15, 0.2) is 158 Å². The van der Waals surface area contributed by atoms with E-state index in [-0.39, 0.29) is 0 Å². The average Bonchev–Trinajstić information content (AvgIpc) is 3.63. The van der Waals surface area contributed by atoms with Gasteiger partial charge in [-0.2, -0.15) is 0 Å². The quantitative estimate of drug-likeness (QED) is 0.199. The molecule has 0 N–H and O–H groups in total. The van der Waals surface area contributed by atoms with E-state index in [9.17, 15) is 0 Å². The minimum Gasteiger partial charge on any atom is -0.308 e. The van der Waals surface area contributed by atoms with E-state index in [1.165, 1.54) is 48.9 Å². The third kappa shape index (κ3) is 3.33. The lowest BCUT2D eigenvalue weighted by Crippen LogP contribution is -2.04. The zero-order valence-electron chi connectivity index (χ0n) is 25.8. The minimum atomic E-state index is 0.824. The highest BCUT2D eigenvalue weighted by Gasteiger charge is 2.24. The van der Waals surface area contributed by atoms with Crippen LogP contribution in [-0.4, -0.2) is 18.9 Å². The fourth-order valence-corrected chi connectivity index (χ4v) is 8.08. The number of nitrogens with zero attached hydrogens (tertiary/aromatic N) is 4. The lowest BCUT2D eigenvalue weighted by molar-refractivity contribution is 1.08. The molecule has 0 saturated heterocycles. The summed E-state index contributed by atoms with van der Waals surface area (Å²) in [5.74, 6) is 0.824. The van der Waals surface area contributed by atoms with Gasteiger partial charge in [-0.3, -0.25) is 4.57 Å². The summed E-state index contributed by atoms with van der Waals surface area (Å²) in [6.07, 6.45) is 0. The highest BCUT2D eigenvalue weighted by Crippen LogP contribution is 2.45. The van der Waals surface area contributed by atoms with E-state index in [0.29, 0.717) is 0 Å². The lowest BCUT2D eigenvalue weighted by Gasteiger charge is -2.15. The van der Waals surface area contributed by atoms with Crippen LogP contribution in [0.5, 0.6) is 0 Å². The summed E-state index contributed by atoms with van der Waals surface area (Å²) in [5, 5.41) is 7.48. The summed E-state index contributed by atoms with van der Waals surface area (Å²) >= 11 is 0. The summed E-state index contributed by atoms with van der Waals surface area (Å²) in [6.45, 7) is 0. The molecule has 0 amide bonds. The molecule has 4 heterocycles. The predicted molar refractivity (Wildman–Crippen MR) is 199 cm³/mol. The van der Waals surface area contributed by atoms with Crippen molar-refractivity contribution in [3.63, 3.8) is 0 Å². The number of benzene rings is 7. The van der Waals surface area contributed by atoms with Crippen LogP contribution in [0.25, 0.3) is 99.1 Å². The second kappa shape index (κ2) is 9.50. The van der Waals surface area contributed by atoms with Gasteiger partial charge in [0.2, 0.25) is 0 Å². The molecular formula is C44H26N4. The molecule has 4 aromatic heterocycles. The highest BCUT2D eigenvalue weighted by molar-refractivity contribution is 6.31. The predicted octanol–water partition coefficient (Wildman–Crippen LogP) is 11.2. The molecule has 222 valence electrons. The number of fused-ring (bicyclic) bond motifs is 6. The smallest absolute Gasteiger partial charge is 0.165 e. The molecule has 48 heavy (non-hydrogen) atoms. The second-order valence-corrected chi connectivity index (χ2v) is 12.6. The average molecular weight is 611 g/mol. The number of hydrogen-bond donors (Lipinski definition) is 0. The van der Waals surface area contributed by atoms with Crippen LogP contribution in [0.4, 0.5) is 0 Å². The van der Waals surface area contributed by atoms with E-state index in [2.05, 4.69) is 161 Å². The van der Waals surface area contributed by atoms with Gasteiger partial charge in [-0.1, -0.05) is 127 Å². The molecule has 0 bridgehead atoms. The van der Waals surface area contributed by atoms with Crippen molar-refractivity contribution in [1.29, 1.82) is 0 Å². The first kappa shape index (κ1) is 25.6. The van der Waals surface area contributed by atoms with Crippen molar-refractivity contribution in [2.75, 3.05) is 0 Å². The second-order valence-electron chi connectivity index (χ2n) is 12.6. The Balaban J connectivity index is 1.35. The van der Waals surface area contributed by atoms with E-state index in [4.69, 9.17) is 9.97 Å². The van der Waals surface area contributed by atoms with Crippen LogP contribution >= 0.6 is 0 Å². The molecule has 0 unspecified atom stereocenters. The third-order valence-corrected chi connectivity index (χ3v) is 10.0. The maximum Gasteiger partial charge on any atom is 0.165 e. The van der Waals surface area contributed by atoms with Gasteiger partial charge < -0.3 is 4.40 Å². The summed E-state index contributed by atoms with van der Waals surface area (Å²) in [7, 11) is 0. The van der Waals surface area contributed by atoms with Gasteiger partial charge in [0.15, 0.2) is 5.82 Å². The lowest BCUT2D eigenvalue weighted by atomic mass is 10.0. The molecule has 0 aliphatic rings. The fourth-order valence-electron chi connectivity index (χ4n) is 8.08. The van der Waals surface area contributed by atoms with Gasteiger partial charge in [-0.15, -0.1) is 0 Å². The van der Waals surface area contributed by atoms with E-state index >= 15 is 0 Å². The molecule has 0 atom stereocenters. The topological polar surface area (TPSA) is 35.1 Å². The van der Waals surface area contributed by atoms with Crippen molar-refractivity contribution in [3.05, 3.63) is 158 Å². The summed E-state index contributed by atoms with van der Waals surface area (Å²) in [4.78, 5) is 11.0. The van der Waals surface area contributed by atoms with Gasteiger partial charge in [0.1, 0.15) is 5.69 Å². The third-order valence-electron chi connectivity index (χ3n) is 10.0. The Morgan fingerprint density at radius 2 is 0.979 bits per heavy atom. The van der Waals surface area contributed by atoms with Gasteiger partial charge >= 0.3 is 0 Å². The van der Waals surface area contributed by atoms with Crippen LogP contribution in [0, 0.1) is 0 Å². The van der Waals surface area contributed by atoms with E-state index < -0.39 is 0 Å². The molecule has 0 aliphatic carbocycles. The molecule has 4 nitrogen and oxygen atoms in total. The Morgan fingerprint density at radius 1 is 0.396 bits per heavy atom. The molecule has 0 fully saturated rings. The Labute approximate surface area is 275 Å². The molecule has 11 rings (SSSR count). The molecule has 0 radical (unpaired) electrons. The van der Waals surface area contributed by atoms with Crippen LogP contribution in [0.1, 0.15) is 0 Å². The summed E-state index contributed by atoms with van der Waals surface area (Å²) in [5.41, 5.74) is 11.7. The molecule has 0 spiro atoms. The Hall–Kier alpha value is -6.52. The zero-order chi connectivity index (χ0) is 31.3. The van der Waals surface area contributed by atoms with Crippen molar-refractivity contribution in [2.24, 2.45) is 0 Å². The summed E-state index contributed by atoms with van der Waals surface area (Å²) in [6, 6.07) is 56.2. The molecule has 11 aromatic rings. The van der Waals surface area contributed by atoms with Gasteiger partial charge in [0, 0.05) is 38.1 Å². The normalized spacial score (nSPS) is 12.2. The number of aromatic nitrogens is 4. The number of rotatable bonds is 3. The molecule has 0 saturated carbocycles. The van der Waals surface area contributed by atoms with E-state index in [1.54, 1.807) is 0 Å². The van der Waals surface area contributed by atoms with Crippen molar-refractivity contribution < 1.29 is 0 Å². The van der Waals surface area contributed by atoms with Gasteiger partial charge in [0.05, 0.1) is 38.6 Å². The van der Waals surface area contributed by atoms with Crippen molar-refractivity contribution in [2.45, 2.75) is 0 Å². The Morgan fingerprint density at radius 3 is 1.81 bits per heavy atom. The van der Waals surface area contributed by atoms with E-state index in [1.807, 2.05) is 6.07 Å². The van der Waals surface area contributed by atoms with Crippen molar-refractivity contribution in [1.82, 2.24) is 18.9 Å². The minimum absolute atomic E-state index is 0.824. The SMILES string of the molecule is c1ccc(-c2nc3c(-c4ccccc4)cccc3nc2-n2c3cccc4c5cccc6c7ccccc7n(c7cccc2c7c43)c56)cc1. The largest absolute Gasteiger partial charge is 0.308 e. The van der Waals surface area contributed by atoms with Crippen LogP contribution in [0.3, 0.4) is 0 Å². The monoisotopic (exact) mass is 610 g/mol. The van der Waals surface area contributed by atoms with Crippen LogP contribution < -0.4 is 0 Å². The highest BCUT2D eigenvalue weighted by atomic mass is 15.1. The number of para-hydroxylation sites is 3. The molecular weight excluding hydrogens is 585 g/mol. The standard InChI is InChI=1S/C44H26N4/c1-3-13-27(14-4-1)29-18-10-22-34-42(29)46-41(28-15-5-2-6-16-28)44(45-34)48-36-24-11-19-31-33-21-9-20-32-30-17-7-8-23-35(30)47(43(32)33)37-25-12-26-38(48)40(37)39(31)36/h1-26H. The van der Waals surface area contributed by atoms with Crippen molar-refractivity contribution in [3.8, 4) is 28.2 Å². The first-order valence-electron chi connectivity index (χ1n) is 16.4. The molecule has 0 aliphatic heterocycles. The van der Waals surface area contributed by atoms with E-state index in [0.717, 1.165) is 50.3 Å². The first-order valence-corrected chi connectivity index (χ1v) is 16.4. The van der Waals surface area contributed by atoms with Gasteiger partial charge in [-0.25, -0.2) is 9.97 Å². The first-order chi connectivity index (χ1) is 23.8. The van der Waals surface area contributed by atoms with Crippen LogP contribution in [-0.2, 0) is 0 Å². The van der Waals surface area contributed by atoms with Gasteiger partial charge in [-0.05, 0) is 41.3 Å². The zero-order valence-corrected chi connectivity index (χ0v) is 25.8. The van der Waals surface area contributed by atoms with Gasteiger partial charge in [0.25, 0.3) is 0 Å². The van der Waals surface area contributed by atoms with Crippen LogP contribution in [0.2, 0.25) is 0 Å². The Kier molecular flexibility index (Phi) is 5.08. The van der Waals surface area contributed by atoms with Crippen molar-refractivity contribution >= 4 is 70.9 Å². The maximum atomic E-state index is 5.50. The fraction of sp³-hybridized carbons (Fsp3) is 0. The summed E-state index contributed by atoms with van der Waals surface area (Å²) < 4.78 is 4.82. The Bertz CT molecular complexity index is 3040. The maximum absolute atomic E-state index is 5.50. The molecule has 4 heteroatoms. The molecule has 7 aromatic carbocycles.